The summed E-state index contributed by atoms with van der Waals surface area (Å²) < 4.78 is 29.5. The summed E-state index contributed by atoms with van der Waals surface area (Å²) in [6.07, 6.45) is 2.53. The molecule has 146 valence electrons. The van der Waals surface area contributed by atoms with Gasteiger partial charge in [0.15, 0.2) is 5.69 Å². The zero-order valence-electron chi connectivity index (χ0n) is 15.2. The second-order valence-electron chi connectivity index (χ2n) is 6.25. The van der Waals surface area contributed by atoms with Crippen LogP contribution in [0, 0.1) is 6.92 Å². The molecule has 1 saturated heterocycles. The van der Waals surface area contributed by atoms with Crippen LogP contribution in [-0.4, -0.2) is 80.3 Å². The Morgan fingerprint density at radius 1 is 1.04 bits per heavy atom. The predicted octanol–water partition coefficient (Wildman–Crippen LogP) is -0.693. The molecular weight excluding hydrogens is 376 g/mol. The fourth-order valence-corrected chi connectivity index (χ4v) is 4.63. The lowest BCUT2D eigenvalue weighted by atomic mass is 10.2. The average Bonchev–Trinajstić information content (AvgIpc) is 3.17. The molecule has 0 atom stereocenters. The van der Waals surface area contributed by atoms with Crippen LogP contribution < -0.4 is 0 Å². The highest BCUT2D eigenvalue weighted by Crippen LogP contribution is 2.21. The lowest BCUT2D eigenvalue weighted by Crippen LogP contribution is -2.50. The molecule has 2 aromatic rings. The Balaban J connectivity index is 1.75. The van der Waals surface area contributed by atoms with Crippen molar-refractivity contribution >= 4 is 21.9 Å². The normalized spacial score (nSPS) is 15.9. The van der Waals surface area contributed by atoms with Gasteiger partial charge in [0.1, 0.15) is 4.90 Å². The molecule has 1 N–H and O–H groups in total. The quantitative estimate of drug-likeness (QED) is 0.723. The highest BCUT2D eigenvalue weighted by molar-refractivity contribution is 7.89. The van der Waals surface area contributed by atoms with Gasteiger partial charge in [-0.3, -0.25) is 14.2 Å². The van der Waals surface area contributed by atoms with Crippen LogP contribution in [-0.2, 0) is 24.1 Å². The minimum absolute atomic E-state index is 0.00980. The van der Waals surface area contributed by atoms with Crippen LogP contribution in [0.4, 0.5) is 0 Å². The largest absolute Gasteiger partial charge is 0.477 e. The molecule has 12 heteroatoms. The summed E-state index contributed by atoms with van der Waals surface area (Å²) in [5, 5.41) is 17.1. The van der Waals surface area contributed by atoms with E-state index in [1.165, 1.54) is 33.3 Å². The molecule has 0 saturated carbocycles. The first kappa shape index (κ1) is 19.0. The molecule has 2 aromatic heterocycles. The number of piperazine rings is 1. The summed E-state index contributed by atoms with van der Waals surface area (Å²) in [6.45, 7) is 2.22. The molecule has 3 heterocycles. The number of hydrogen-bond donors (Lipinski definition) is 1. The summed E-state index contributed by atoms with van der Waals surface area (Å²) in [7, 11) is -0.591. The molecule has 3 rings (SSSR count). The Morgan fingerprint density at radius 2 is 1.63 bits per heavy atom. The summed E-state index contributed by atoms with van der Waals surface area (Å²) in [6, 6.07) is 0. The molecule has 0 unspecified atom stereocenters. The number of nitrogens with zero attached hydrogens (tertiary/aromatic N) is 6. The van der Waals surface area contributed by atoms with Crippen LogP contribution in [0.2, 0.25) is 0 Å². The number of hydrogen-bond acceptors (Lipinski definition) is 6. The number of carboxylic acids is 1. The lowest BCUT2D eigenvalue weighted by Gasteiger charge is -2.33. The van der Waals surface area contributed by atoms with Crippen molar-refractivity contribution < 1.29 is 23.1 Å². The topological polar surface area (TPSA) is 131 Å². The number of aromatic carboxylic acids is 1. The molecule has 1 fully saturated rings. The van der Waals surface area contributed by atoms with Gasteiger partial charge in [0.2, 0.25) is 10.0 Å². The smallest absolute Gasteiger partial charge is 0.354 e. The second-order valence-corrected chi connectivity index (χ2v) is 8.16. The Hall–Kier alpha value is -2.73. The number of sulfonamides is 1. The molecule has 0 radical (unpaired) electrons. The highest BCUT2D eigenvalue weighted by Gasteiger charge is 2.34. The predicted molar refractivity (Wildman–Crippen MR) is 92.8 cm³/mol. The number of carbonyl (C=O) groups is 2. The summed E-state index contributed by atoms with van der Waals surface area (Å²) in [5.41, 5.74) is 0.334. The van der Waals surface area contributed by atoms with Gasteiger partial charge in [-0.1, -0.05) is 0 Å². The van der Waals surface area contributed by atoms with Gasteiger partial charge in [-0.15, -0.1) is 0 Å². The number of aromatic nitrogens is 4. The van der Waals surface area contributed by atoms with Gasteiger partial charge in [0.05, 0.1) is 23.7 Å². The van der Waals surface area contributed by atoms with E-state index in [0.717, 1.165) is 4.68 Å². The van der Waals surface area contributed by atoms with Crippen molar-refractivity contribution in [3.05, 3.63) is 29.3 Å². The molecule has 0 bridgehead atoms. The van der Waals surface area contributed by atoms with Crippen LogP contribution in [0.15, 0.2) is 17.3 Å². The Morgan fingerprint density at radius 3 is 2.15 bits per heavy atom. The Labute approximate surface area is 155 Å². The molecule has 0 aliphatic carbocycles. The first-order valence-corrected chi connectivity index (χ1v) is 9.62. The first-order valence-electron chi connectivity index (χ1n) is 8.18. The van der Waals surface area contributed by atoms with Gasteiger partial charge in [0, 0.05) is 40.3 Å². The van der Waals surface area contributed by atoms with Crippen molar-refractivity contribution in [2.75, 3.05) is 26.2 Å². The van der Waals surface area contributed by atoms with E-state index < -0.39 is 21.9 Å². The maximum absolute atomic E-state index is 12.8. The summed E-state index contributed by atoms with van der Waals surface area (Å²) in [5.74, 6) is -1.72. The van der Waals surface area contributed by atoms with E-state index in [0.29, 0.717) is 5.69 Å². The maximum atomic E-state index is 12.8. The summed E-state index contributed by atoms with van der Waals surface area (Å²) >= 11 is 0. The number of amides is 1. The second kappa shape index (κ2) is 6.78. The number of carboxylic acid groups (broad SMARTS) is 1. The van der Waals surface area contributed by atoms with E-state index in [1.807, 2.05) is 0 Å². The number of aryl methyl sites for hydroxylation is 2. The fourth-order valence-electron chi connectivity index (χ4n) is 3.02. The maximum Gasteiger partial charge on any atom is 0.354 e. The van der Waals surface area contributed by atoms with Gasteiger partial charge in [-0.05, 0) is 6.92 Å². The third kappa shape index (κ3) is 3.21. The van der Waals surface area contributed by atoms with Crippen molar-refractivity contribution in [3.63, 3.8) is 0 Å². The average molecular weight is 396 g/mol. The SMILES string of the molecule is Cc1c(S(=O)(=O)N2CCN(C(=O)c3cnn(C)c3C(=O)O)CC2)cnn1C. The fraction of sp³-hybridized carbons (Fsp3) is 0.467. The van der Waals surface area contributed by atoms with Gasteiger partial charge < -0.3 is 10.0 Å². The monoisotopic (exact) mass is 396 g/mol. The molecule has 27 heavy (non-hydrogen) atoms. The van der Waals surface area contributed by atoms with Crippen LogP contribution in [0.5, 0.6) is 0 Å². The molecule has 11 nitrogen and oxygen atoms in total. The van der Waals surface area contributed by atoms with Crippen molar-refractivity contribution in [2.24, 2.45) is 14.1 Å². The Kier molecular flexibility index (Phi) is 4.78. The van der Waals surface area contributed by atoms with Crippen LogP contribution in [0.1, 0.15) is 26.5 Å². The standard InChI is InChI=1S/C15H20N6O5S/c1-10-12(9-17-18(10)2)27(25,26)21-6-4-20(5-7-21)14(22)11-8-16-19(3)13(11)15(23)24/h8-9H,4-7H2,1-3H3,(H,23,24). The van der Waals surface area contributed by atoms with Crippen molar-refractivity contribution in [1.29, 1.82) is 0 Å². The van der Waals surface area contributed by atoms with Crippen LogP contribution in [0.3, 0.4) is 0 Å². The van der Waals surface area contributed by atoms with Gasteiger partial charge >= 0.3 is 5.97 Å². The summed E-state index contributed by atoms with van der Waals surface area (Å²) in [4.78, 5) is 25.6. The number of rotatable bonds is 4. The van der Waals surface area contributed by atoms with Gasteiger partial charge in [-0.2, -0.15) is 14.5 Å². The zero-order chi connectivity index (χ0) is 19.9. The minimum atomic E-state index is -3.70. The molecule has 1 aliphatic rings. The van der Waals surface area contributed by atoms with Crippen LogP contribution in [0.25, 0.3) is 0 Å². The number of carbonyl (C=O) groups excluding carboxylic acids is 1. The van der Waals surface area contributed by atoms with Crippen molar-refractivity contribution in [2.45, 2.75) is 11.8 Å². The zero-order valence-corrected chi connectivity index (χ0v) is 16.0. The molecular formula is C15H20N6O5S. The molecule has 0 aromatic carbocycles. The van der Waals surface area contributed by atoms with E-state index in [2.05, 4.69) is 10.2 Å². The van der Waals surface area contributed by atoms with E-state index in [4.69, 9.17) is 0 Å². The third-order valence-electron chi connectivity index (χ3n) is 4.71. The highest BCUT2D eigenvalue weighted by atomic mass is 32.2. The molecule has 1 amide bonds. The van der Waals surface area contributed by atoms with E-state index in [1.54, 1.807) is 14.0 Å². The first-order chi connectivity index (χ1) is 12.6. The third-order valence-corrected chi connectivity index (χ3v) is 6.71. The van der Waals surface area contributed by atoms with Gasteiger partial charge in [-0.25, -0.2) is 13.2 Å². The Bertz CT molecular complexity index is 1000. The van der Waals surface area contributed by atoms with E-state index >= 15 is 0 Å². The molecule has 1 aliphatic heterocycles. The molecule has 0 spiro atoms. The van der Waals surface area contributed by atoms with Crippen LogP contribution >= 0.6 is 0 Å². The van der Waals surface area contributed by atoms with E-state index in [-0.39, 0.29) is 42.3 Å². The van der Waals surface area contributed by atoms with Gasteiger partial charge in [0.25, 0.3) is 5.91 Å². The van der Waals surface area contributed by atoms with Crippen molar-refractivity contribution in [1.82, 2.24) is 28.8 Å². The van der Waals surface area contributed by atoms with Crippen molar-refractivity contribution in [3.8, 4) is 0 Å². The minimum Gasteiger partial charge on any atom is -0.477 e. The lowest BCUT2D eigenvalue weighted by molar-refractivity contribution is 0.0648. The van der Waals surface area contributed by atoms with E-state index in [9.17, 15) is 23.1 Å².